The number of halogens is 2. The number of fused-ring (bicyclic) bond motifs is 16. The SMILES string of the molecule is CC(C)(C)c1ccc2c(c1)c1cc(C(C)(C)C)ccc1n2-c1ccc2c(c1)C1(c3cc(Br)ccc3-c3ccc(Br)cc31)c1cc(-n3c4ccc(C(C)(C)C)cc4c4cc(C(C)(C)C)ccc43)ccc1-2. The molecule has 0 atom stereocenters. The van der Waals surface area contributed by atoms with Crippen molar-refractivity contribution in [1.82, 2.24) is 9.13 Å². The second kappa shape index (κ2) is 14.7. The number of nitrogens with zero attached hydrogens (tertiary/aromatic N) is 2. The molecule has 2 heterocycles. The summed E-state index contributed by atoms with van der Waals surface area (Å²) in [7, 11) is 0. The maximum Gasteiger partial charge on any atom is 0.0727 e. The average Bonchev–Trinajstić information content (AvgIpc) is 3.97. The molecule has 0 saturated heterocycles. The molecule has 0 radical (unpaired) electrons. The van der Waals surface area contributed by atoms with Gasteiger partial charge in [0, 0.05) is 41.9 Å². The van der Waals surface area contributed by atoms with E-state index in [1.165, 1.54) is 122 Å². The fraction of sp³-hybridized carbons (Fsp3) is 0.262. The van der Waals surface area contributed by atoms with E-state index in [0.717, 1.165) is 8.95 Å². The molecule has 0 amide bonds. The van der Waals surface area contributed by atoms with Crippen molar-refractivity contribution in [3.8, 4) is 33.6 Å². The molecule has 0 saturated carbocycles. The molecular formula is C65H60Br2N2. The molecule has 0 unspecified atom stereocenters. The summed E-state index contributed by atoms with van der Waals surface area (Å²) in [5, 5.41) is 5.19. The second-order valence-electron chi connectivity index (χ2n) is 24.2. The molecular weight excluding hydrogens is 969 g/mol. The van der Waals surface area contributed by atoms with E-state index in [0.29, 0.717) is 0 Å². The third kappa shape index (κ3) is 6.53. The summed E-state index contributed by atoms with van der Waals surface area (Å²) in [6.45, 7) is 27.8. The van der Waals surface area contributed by atoms with Gasteiger partial charge in [0.15, 0.2) is 0 Å². The van der Waals surface area contributed by atoms with Crippen molar-refractivity contribution in [3.63, 3.8) is 0 Å². The minimum absolute atomic E-state index is 0.0184. The van der Waals surface area contributed by atoms with Gasteiger partial charge < -0.3 is 9.13 Å². The molecule has 2 aliphatic carbocycles. The van der Waals surface area contributed by atoms with E-state index in [1.54, 1.807) is 0 Å². The minimum atomic E-state index is -0.607. The van der Waals surface area contributed by atoms with E-state index < -0.39 is 5.41 Å². The number of benzene rings is 8. The van der Waals surface area contributed by atoms with Gasteiger partial charge in [-0.25, -0.2) is 0 Å². The zero-order chi connectivity index (χ0) is 48.5. The van der Waals surface area contributed by atoms with E-state index in [9.17, 15) is 0 Å². The molecule has 2 aliphatic rings. The average molecular weight is 1030 g/mol. The van der Waals surface area contributed by atoms with Crippen molar-refractivity contribution in [2.45, 2.75) is 110 Å². The quantitative estimate of drug-likeness (QED) is 0.163. The summed E-state index contributed by atoms with van der Waals surface area (Å²) in [4.78, 5) is 0. The number of hydrogen-bond donors (Lipinski definition) is 0. The largest absolute Gasteiger partial charge is 0.309 e. The molecule has 0 aliphatic heterocycles. The first-order chi connectivity index (χ1) is 32.5. The van der Waals surface area contributed by atoms with E-state index >= 15 is 0 Å². The lowest BCUT2D eigenvalue weighted by Crippen LogP contribution is -2.26. The van der Waals surface area contributed by atoms with E-state index in [-0.39, 0.29) is 21.7 Å². The van der Waals surface area contributed by atoms with Crippen LogP contribution in [0, 0.1) is 0 Å². The Balaban J connectivity index is 1.16. The molecule has 12 rings (SSSR count). The first kappa shape index (κ1) is 44.5. The van der Waals surface area contributed by atoms with Gasteiger partial charge in [0.05, 0.1) is 27.5 Å². The van der Waals surface area contributed by atoms with Gasteiger partial charge in [0.1, 0.15) is 0 Å². The first-order valence-corrected chi connectivity index (χ1v) is 26.2. The van der Waals surface area contributed by atoms with Gasteiger partial charge in [0.2, 0.25) is 0 Å². The number of aromatic nitrogens is 2. The van der Waals surface area contributed by atoms with Gasteiger partial charge in [-0.3, -0.25) is 0 Å². The Morgan fingerprint density at radius 2 is 0.565 bits per heavy atom. The molecule has 1 spiro atoms. The lowest BCUT2D eigenvalue weighted by Gasteiger charge is -2.31. The fourth-order valence-corrected chi connectivity index (χ4v) is 12.6. The van der Waals surface area contributed by atoms with Crippen LogP contribution in [0.4, 0.5) is 0 Å². The smallest absolute Gasteiger partial charge is 0.0727 e. The molecule has 0 bridgehead atoms. The van der Waals surface area contributed by atoms with Gasteiger partial charge in [0.25, 0.3) is 0 Å². The van der Waals surface area contributed by atoms with E-state index in [1.807, 2.05) is 0 Å². The van der Waals surface area contributed by atoms with Crippen molar-refractivity contribution in [2.24, 2.45) is 0 Å². The van der Waals surface area contributed by atoms with Crippen molar-refractivity contribution in [3.05, 3.63) is 199 Å². The Labute approximate surface area is 424 Å². The van der Waals surface area contributed by atoms with Crippen LogP contribution in [0.5, 0.6) is 0 Å². The highest BCUT2D eigenvalue weighted by atomic mass is 79.9. The molecule has 10 aromatic rings. The van der Waals surface area contributed by atoms with Crippen LogP contribution in [-0.4, -0.2) is 9.13 Å². The maximum absolute atomic E-state index is 4.00. The van der Waals surface area contributed by atoms with Crippen LogP contribution < -0.4 is 0 Å². The predicted molar refractivity (Wildman–Crippen MR) is 302 cm³/mol. The third-order valence-electron chi connectivity index (χ3n) is 15.7. The van der Waals surface area contributed by atoms with Crippen LogP contribution in [0.2, 0.25) is 0 Å². The van der Waals surface area contributed by atoms with E-state index in [2.05, 4.69) is 270 Å². The molecule has 4 heteroatoms. The topological polar surface area (TPSA) is 9.86 Å². The minimum Gasteiger partial charge on any atom is -0.309 e. The Kier molecular flexibility index (Phi) is 9.48. The summed E-state index contributed by atoms with van der Waals surface area (Å²) in [6, 6.07) is 57.1. The third-order valence-corrected chi connectivity index (χ3v) is 16.7. The number of rotatable bonds is 2. The van der Waals surface area contributed by atoms with Crippen molar-refractivity contribution < 1.29 is 0 Å². The highest BCUT2D eigenvalue weighted by Crippen LogP contribution is 2.64. The normalized spacial score (nSPS) is 14.3. The predicted octanol–water partition coefficient (Wildman–Crippen LogP) is 18.9. The summed E-state index contributed by atoms with van der Waals surface area (Å²) < 4.78 is 7.21. The molecule has 0 N–H and O–H groups in total. The highest BCUT2D eigenvalue weighted by molar-refractivity contribution is 9.10. The Hall–Kier alpha value is -5.68. The molecule has 8 aromatic carbocycles. The van der Waals surface area contributed by atoms with Gasteiger partial charge in [-0.2, -0.15) is 0 Å². The Bertz CT molecular complexity index is 3450. The van der Waals surface area contributed by atoms with Crippen LogP contribution in [0.1, 0.15) is 128 Å². The summed E-state index contributed by atoms with van der Waals surface area (Å²) in [5.41, 5.74) is 22.4. The summed E-state index contributed by atoms with van der Waals surface area (Å²) >= 11 is 7.99. The Morgan fingerprint density at radius 1 is 0.304 bits per heavy atom. The summed E-state index contributed by atoms with van der Waals surface area (Å²) in [6.07, 6.45) is 0. The highest BCUT2D eigenvalue weighted by Gasteiger charge is 2.52. The molecule has 69 heavy (non-hydrogen) atoms. The number of hydrogen-bond acceptors (Lipinski definition) is 0. The monoisotopic (exact) mass is 1030 g/mol. The fourth-order valence-electron chi connectivity index (χ4n) is 11.9. The van der Waals surface area contributed by atoms with Gasteiger partial charge in [-0.15, -0.1) is 0 Å². The van der Waals surface area contributed by atoms with Crippen LogP contribution >= 0.6 is 31.9 Å². The summed E-state index contributed by atoms with van der Waals surface area (Å²) in [5.74, 6) is 0. The zero-order valence-corrected chi connectivity index (χ0v) is 45.2. The molecule has 2 nitrogen and oxygen atoms in total. The van der Waals surface area contributed by atoms with Gasteiger partial charge in [-0.1, -0.05) is 163 Å². The van der Waals surface area contributed by atoms with Crippen molar-refractivity contribution >= 4 is 75.5 Å². The van der Waals surface area contributed by atoms with Crippen molar-refractivity contribution in [1.29, 1.82) is 0 Å². The van der Waals surface area contributed by atoms with Crippen molar-refractivity contribution in [2.75, 3.05) is 0 Å². The second-order valence-corrected chi connectivity index (χ2v) is 26.0. The lowest BCUT2D eigenvalue weighted by molar-refractivity contribution is 0.590. The maximum atomic E-state index is 4.00. The zero-order valence-electron chi connectivity index (χ0n) is 42.0. The first-order valence-electron chi connectivity index (χ1n) is 24.6. The van der Waals surface area contributed by atoms with Crippen LogP contribution in [0.3, 0.4) is 0 Å². The van der Waals surface area contributed by atoms with E-state index in [4.69, 9.17) is 0 Å². The Morgan fingerprint density at radius 3 is 0.841 bits per heavy atom. The molecule has 0 fully saturated rings. The lowest BCUT2D eigenvalue weighted by atomic mass is 9.70. The molecule has 2 aromatic heterocycles. The molecule has 344 valence electrons. The van der Waals surface area contributed by atoms with Crippen LogP contribution in [-0.2, 0) is 27.1 Å². The van der Waals surface area contributed by atoms with Crippen LogP contribution in [0.15, 0.2) is 155 Å². The standard InChI is InChI=1S/C65H60Br2N2/c1-61(2,3)37-13-25-57-49(29-37)50-30-38(62(4,5)6)14-26-58(50)68(57)43-19-23-47-48-24-20-44(69-59-27-15-39(63(7,8)9)31-51(59)52-32-40(64(10,11)12)16-28-60(52)69)36-56(48)65(55(47)35-43)53-33-41(66)17-21-45(53)46-22-18-42(67)34-54(46)65/h13-36H,1-12H3. The van der Waals surface area contributed by atoms with Crippen LogP contribution in [0.25, 0.3) is 77.2 Å². The van der Waals surface area contributed by atoms with Gasteiger partial charge >= 0.3 is 0 Å². The van der Waals surface area contributed by atoms with Gasteiger partial charge in [-0.05, 0) is 185 Å².